The van der Waals surface area contributed by atoms with Gasteiger partial charge in [-0.15, -0.1) is 0 Å². The molecular weight excluding hydrogens is 190 g/mol. The summed E-state index contributed by atoms with van der Waals surface area (Å²) in [5, 5.41) is 1.03. The molecule has 0 aromatic carbocycles. The molecule has 0 atom stereocenters. The first-order valence-corrected chi connectivity index (χ1v) is 4.10. The number of Topliss-reactive ketones (excluding diaryl/α,β-unsaturated/α-hetero) is 1. The van der Waals surface area contributed by atoms with Gasteiger partial charge in [-0.25, -0.2) is 4.98 Å². The fraction of sp³-hybridized carbons (Fsp3) is 0.111. The largest absolute Gasteiger partial charge is 0.463 e. The van der Waals surface area contributed by atoms with Crippen LogP contribution in [0.4, 0.5) is 0 Å². The van der Waals surface area contributed by atoms with Crippen LogP contribution in [0.5, 0.6) is 0 Å². The normalized spacial score (nSPS) is 10.6. The Kier molecular flexibility index (Phi) is 1.81. The van der Waals surface area contributed by atoms with Crippen LogP contribution in [0.15, 0.2) is 22.9 Å². The molecule has 4 heteroatoms. The van der Waals surface area contributed by atoms with Crippen molar-refractivity contribution in [3.63, 3.8) is 0 Å². The number of fused-ring (bicyclic) bond motifs is 1. The number of ketones is 1. The van der Waals surface area contributed by atoms with Crippen molar-refractivity contribution < 1.29 is 9.21 Å². The van der Waals surface area contributed by atoms with Crippen LogP contribution in [0.2, 0.25) is 5.15 Å². The van der Waals surface area contributed by atoms with Crippen LogP contribution in [0.3, 0.4) is 0 Å². The molecule has 0 fully saturated rings. The molecule has 2 rings (SSSR count). The average molecular weight is 196 g/mol. The number of furan rings is 1. The number of nitrogens with zero attached hydrogens (tertiary/aromatic N) is 1. The first-order chi connectivity index (χ1) is 6.20. The summed E-state index contributed by atoms with van der Waals surface area (Å²) in [4.78, 5) is 15.0. The average Bonchev–Trinajstić information content (AvgIpc) is 2.53. The summed E-state index contributed by atoms with van der Waals surface area (Å²) < 4.78 is 5.15. The standard InChI is InChI=1S/C9H6ClNO2/c1-5(12)7-4-11-9(10)6-2-3-13-8(6)7/h2-4H,1H3. The van der Waals surface area contributed by atoms with Crippen molar-refractivity contribution in [1.82, 2.24) is 4.98 Å². The predicted molar refractivity (Wildman–Crippen MR) is 49.0 cm³/mol. The van der Waals surface area contributed by atoms with Gasteiger partial charge in [0.2, 0.25) is 0 Å². The molecule has 0 unspecified atom stereocenters. The highest BCUT2D eigenvalue weighted by Gasteiger charge is 2.11. The summed E-state index contributed by atoms with van der Waals surface area (Å²) in [6.07, 6.45) is 2.92. The molecule has 2 heterocycles. The topological polar surface area (TPSA) is 43.1 Å². The van der Waals surface area contributed by atoms with Crippen LogP contribution >= 0.6 is 11.6 Å². The lowest BCUT2D eigenvalue weighted by molar-refractivity contribution is 0.101. The Balaban J connectivity index is 2.86. The summed E-state index contributed by atoms with van der Waals surface area (Å²) in [6, 6.07) is 1.69. The lowest BCUT2D eigenvalue weighted by atomic mass is 10.2. The molecule has 0 saturated carbocycles. The van der Waals surface area contributed by atoms with Crippen molar-refractivity contribution in [2.75, 3.05) is 0 Å². The van der Waals surface area contributed by atoms with E-state index < -0.39 is 0 Å². The number of hydrogen-bond acceptors (Lipinski definition) is 3. The molecule has 3 nitrogen and oxygen atoms in total. The Labute approximate surface area is 79.3 Å². The second-order valence-electron chi connectivity index (χ2n) is 2.68. The van der Waals surface area contributed by atoms with Gasteiger partial charge in [-0.3, -0.25) is 4.79 Å². The van der Waals surface area contributed by atoms with Crippen LogP contribution in [0, 0.1) is 0 Å². The Bertz CT molecular complexity index is 475. The van der Waals surface area contributed by atoms with E-state index in [1.807, 2.05) is 0 Å². The minimum atomic E-state index is -0.0795. The maximum absolute atomic E-state index is 11.1. The number of hydrogen-bond donors (Lipinski definition) is 0. The van der Waals surface area contributed by atoms with E-state index in [2.05, 4.69) is 4.98 Å². The van der Waals surface area contributed by atoms with Gasteiger partial charge < -0.3 is 4.42 Å². The minimum absolute atomic E-state index is 0.0795. The lowest BCUT2D eigenvalue weighted by Gasteiger charge is -1.97. The Morgan fingerprint density at radius 1 is 1.62 bits per heavy atom. The molecule has 0 aliphatic heterocycles. The van der Waals surface area contributed by atoms with Crippen LogP contribution in [0.25, 0.3) is 11.0 Å². The van der Waals surface area contributed by atoms with Gasteiger partial charge in [-0.1, -0.05) is 11.6 Å². The zero-order chi connectivity index (χ0) is 9.42. The van der Waals surface area contributed by atoms with Gasteiger partial charge in [0, 0.05) is 6.20 Å². The van der Waals surface area contributed by atoms with Crippen LogP contribution in [-0.4, -0.2) is 10.8 Å². The van der Waals surface area contributed by atoms with Crippen molar-refractivity contribution >= 4 is 28.4 Å². The molecular formula is C9H6ClNO2. The van der Waals surface area contributed by atoms with E-state index in [9.17, 15) is 4.79 Å². The minimum Gasteiger partial charge on any atom is -0.463 e. The van der Waals surface area contributed by atoms with Crippen LogP contribution < -0.4 is 0 Å². The van der Waals surface area contributed by atoms with Crippen molar-refractivity contribution in [3.8, 4) is 0 Å². The Hall–Kier alpha value is -1.35. The van der Waals surface area contributed by atoms with E-state index in [0.29, 0.717) is 21.7 Å². The van der Waals surface area contributed by atoms with E-state index in [1.165, 1.54) is 19.4 Å². The molecule has 66 valence electrons. The lowest BCUT2D eigenvalue weighted by Crippen LogP contribution is -1.93. The molecule has 0 radical (unpaired) electrons. The Morgan fingerprint density at radius 2 is 2.38 bits per heavy atom. The number of aromatic nitrogens is 1. The highest BCUT2D eigenvalue weighted by Crippen LogP contribution is 2.25. The third kappa shape index (κ3) is 1.21. The molecule has 0 amide bonds. The summed E-state index contributed by atoms with van der Waals surface area (Å²) in [6.45, 7) is 1.47. The third-order valence-electron chi connectivity index (χ3n) is 1.82. The zero-order valence-corrected chi connectivity index (χ0v) is 7.63. The van der Waals surface area contributed by atoms with E-state index in [0.717, 1.165) is 0 Å². The third-order valence-corrected chi connectivity index (χ3v) is 2.12. The van der Waals surface area contributed by atoms with E-state index in [4.69, 9.17) is 16.0 Å². The SMILES string of the molecule is CC(=O)c1cnc(Cl)c2ccoc12. The fourth-order valence-corrected chi connectivity index (χ4v) is 1.38. The number of carbonyl (C=O) groups excluding carboxylic acids is 1. The summed E-state index contributed by atoms with van der Waals surface area (Å²) in [5.41, 5.74) is 0.969. The molecule has 2 aromatic rings. The highest BCUT2D eigenvalue weighted by atomic mass is 35.5. The predicted octanol–water partition coefficient (Wildman–Crippen LogP) is 2.68. The molecule has 0 aliphatic rings. The van der Waals surface area contributed by atoms with Gasteiger partial charge in [0.05, 0.1) is 17.2 Å². The van der Waals surface area contributed by atoms with Gasteiger partial charge in [-0.2, -0.15) is 0 Å². The van der Waals surface area contributed by atoms with Gasteiger partial charge in [0.1, 0.15) is 10.7 Å². The van der Waals surface area contributed by atoms with Crippen LogP contribution in [0.1, 0.15) is 17.3 Å². The molecule has 0 aliphatic carbocycles. The number of halogens is 1. The number of carbonyl (C=O) groups is 1. The van der Waals surface area contributed by atoms with Gasteiger partial charge >= 0.3 is 0 Å². The number of rotatable bonds is 1. The summed E-state index contributed by atoms with van der Waals surface area (Å²) >= 11 is 5.79. The first kappa shape index (κ1) is 8.26. The van der Waals surface area contributed by atoms with Gasteiger partial charge in [0.15, 0.2) is 5.78 Å². The van der Waals surface area contributed by atoms with E-state index >= 15 is 0 Å². The zero-order valence-electron chi connectivity index (χ0n) is 6.87. The van der Waals surface area contributed by atoms with Crippen molar-refractivity contribution in [1.29, 1.82) is 0 Å². The quantitative estimate of drug-likeness (QED) is 0.519. The van der Waals surface area contributed by atoms with E-state index in [1.54, 1.807) is 6.07 Å². The van der Waals surface area contributed by atoms with E-state index in [-0.39, 0.29) is 5.78 Å². The van der Waals surface area contributed by atoms with Crippen molar-refractivity contribution in [2.45, 2.75) is 6.92 Å². The molecule has 13 heavy (non-hydrogen) atoms. The molecule has 2 aromatic heterocycles. The Morgan fingerprint density at radius 3 is 3.08 bits per heavy atom. The molecule has 0 spiro atoms. The van der Waals surface area contributed by atoms with Gasteiger partial charge in [-0.05, 0) is 13.0 Å². The van der Waals surface area contributed by atoms with Gasteiger partial charge in [0.25, 0.3) is 0 Å². The molecule has 0 bridgehead atoms. The summed E-state index contributed by atoms with van der Waals surface area (Å²) in [5.74, 6) is -0.0795. The number of pyridine rings is 1. The first-order valence-electron chi connectivity index (χ1n) is 3.73. The fourth-order valence-electron chi connectivity index (χ4n) is 1.18. The van der Waals surface area contributed by atoms with Crippen molar-refractivity contribution in [3.05, 3.63) is 29.2 Å². The second-order valence-corrected chi connectivity index (χ2v) is 3.04. The maximum atomic E-state index is 11.1. The molecule has 0 saturated heterocycles. The monoisotopic (exact) mass is 195 g/mol. The van der Waals surface area contributed by atoms with Crippen LogP contribution in [-0.2, 0) is 0 Å². The maximum Gasteiger partial charge on any atom is 0.165 e. The smallest absolute Gasteiger partial charge is 0.165 e. The molecule has 0 N–H and O–H groups in total. The highest BCUT2D eigenvalue weighted by molar-refractivity contribution is 6.34. The second kappa shape index (κ2) is 2.85. The van der Waals surface area contributed by atoms with Crippen molar-refractivity contribution in [2.24, 2.45) is 0 Å². The summed E-state index contributed by atoms with van der Waals surface area (Å²) in [7, 11) is 0.